The lowest BCUT2D eigenvalue weighted by atomic mass is 10.0. The lowest BCUT2D eigenvalue weighted by molar-refractivity contribution is -0.117. The van der Waals surface area contributed by atoms with Gasteiger partial charge in [-0.2, -0.15) is 0 Å². The van der Waals surface area contributed by atoms with E-state index in [1.54, 1.807) is 0 Å². The summed E-state index contributed by atoms with van der Waals surface area (Å²) in [5, 5.41) is 0. The molecule has 104 valence electrons. The Hall–Kier alpha value is -2.44. The average Bonchev–Trinajstić information content (AvgIpc) is 2.89. The van der Waals surface area contributed by atoms with Gasteiger partial charge in [-0.05, 0) is 11.6 Å². The van der Waals surface area contributed by atoms with E-state index in [-0.39, 0.29) is 11.4 Å². The molecule has 0 radical (unpaired) electrons. The number of aromatic nitrogens is 2. The molecule has 0 atom stereocenters. The standard InChI is InChI=1S/C13H9F3N2O2/c14-9-6-11(16)10(15)4-7(9)3-8(19)5-12(20)13-17-1-2-18-13/h1-2,4,6H,3,5H2,(H,17,18). The van der Waals surface area contributed by atoms with Crippen molar-refractivity contribution in [2.45, 2.75) is 12.8 Å². The van der Waals surface area contributed by atoms with Crippen molar-refractivity contribution < 1.29 is 22.8 Å². The molecule has 2 rings (SSSR count). The van der Waals surface area contributed by atoms with Gasteiger partial charge in [-0.3, -0.25) is 9.59 Å². The number of carbonyl (C=O) groups excluding carboxylic acids is 2. The molecule has 20 heavy (non-hydrogen) atoms. The van der Waals surface area contributed by atoms with Crippen molar-refractivity contribution in [2.24, 2.45) is 0 Å². The van der Waals surface area contributed by atoms with Crippen molar-refractivity contribution in [1.29, 1.82) is 0 Å². The number of halogens is 3. The van der Waals surface area contributed by atoms with E-state index in [9.17, 15) is 22.8 Å². The number of benzene rings is 1. The minimum atomic E-state index is -1.33. The van der Waals surface area contributed by atoms with E-state index >= 15 is 0 Å². The molecule has 0 saturated heterocycles. The zero-order valence-electron chi connectivity index (χ0n) is 10.1. The number of nitrogens with one attached hydrogen (secondary N) is 1. The van der Waals surface area contributed by atoms with Gasteiger partial charge in [0.2, 0.25) is 5.78 Å². The SMILES string of the molecule is O=C(CC(=O)c1ncc[nH]1)Cc1cc(F)c(F)cc1F. The number of Topliss-reactive ketones (excluding diaryl/α,β-unsaturated/α-hetero) is 2. The predicted molar refractivity (Wildman–Crippen MR) is 62.6 cm³/mol. The summed E-state index contributed by atoms with van der Waals surface area (Å²) in [6, 6.07) is 0.978. The second-order valence-corrected chi connectivity index (χ2v) is 4.11. The Bertz CT molecular complexity index is 654. The number of carbonyl (C=O) groups is 2. The molecule has 0 aliphatic rings. The number of imidazole rings is 1. The molecule has 0 aliphatic carbocycles. The van der Waals surface area contributed by atoms with E-state index < -0.39 is 41.9 Å². The van der Waals surface area contributed by atoms with Gasteiger partial charge in [0, 0.05) is 24.9 Å². The van der Waals surface area contributed by atoms with Crippen LogP contribution in [0.15, 0.2) is 24.5 Å². The Balaban J connectivity index is 2.05. The van der Waals surface area contributed by atoms with Crippen LogP contribution in [0.4, 0.5) is 13.2 Å². The smallest absolute Gasteiger partial charge is 0.205 e. The molecule has 0 amide bonds. The molecule has 0 fully saturated rings. The van der Waals surface area contributed by atoms with Crippen LogP contribution in [0.5, 0.6) is 0 Å². The third-order valence-electron chi connectivity index (χ3n) is 2.60. The quantitative estimate of drug-likeness (QED) is 0.519. The number of hydrogen-bond donors (Lipinski definition) is 1. The van der Waals surface area contributed by atoms with Crippen LogP contribution in [0.2, 0.25) is 0 Å². The van der Waals surface area contributed by atoms with E-state index in [1.807, 2.05) is 0 Å². The summed E-state index contributed by atoms with van der Waals surface area (Å²) in [5.41, 5.74) is -0.291. The summed E-state index contributed by atoms with van der Waals surface area (Å²) in [7, 11) is 0. The highest BCUT2D eigenvalue weighted by atomic mass is 19.2. The van der Waals surface area contributed by atoms with E-state index in [1.165, 1.54) is 12.4 Å². The zero-order valence-corrected chi connectivity index (χ0v) is 10.1. The second-order valence-electron chi connectivity index (χ2n) is 4.11. The fraction of sp³-hybridized carbons (Fsp3) is 0.154. The van der Waals surface area contributed by atoms with Crippen LogP contribution < -0.4 is 0 Å². The van der Waals surface area contributed by atoms with Crippen molar-refractivity contribution in [3.05, 3.63) is 53.4 Å². The maximum atomic E-state index is 13.3. The van der Waals surface area contributed by atoms with Crippen molar-refractivity contribution in [3.63, 3.8) is 0 Å². The zero-order chi connectivity index (χ0) is 14.7. The molecular weight excluding hydrogens is 273 g/mol. The van der Waals surface area contributed by atoms with Crippen molar-refractivity contribution >= 4 is 11.6 Å². The Kier molecular flexibility index (Phi) is 3.97. The summed E-state index contributed by atoms with van der Waals surface area (Å²) in [6.07, 6.45) is 1.79. The third-order valence-corrected chi connectivity index (χ3v) is 2.60. The highest BCUT2D eigenvalue weighted by molar-refractivity contribution is 6.06. The third kappa shape index (κ3) is 3.11. The van der Waals surface area contributed by atoms with Crippen LogP contribution in [0.1, 0.15) is 22.6 Å². The van der Waals surface area contributed by atoms with Crippen LogP contribution >= 0.6 is 0 Å². The van der Waals surface area contributed by atoms with Gasteiger partial charge in [-0.25, -0.2) is 18.2 Å². The number of hydrogen-bond acceptors (Lipinski definition) is 3. The first-order valence-electron chi connectivity index (χ1n) is 5.65. The van der Waals surface area contributed by atoms with Crippen LogP contribution in [-0.4, -0.2) is 21.5 Å². The minimum absolute atomic E-state index is 0.0177. The molecule has 0 bridgehead atoms. The lowest BCUT2D eigenvalue weighted by Crippen LogP contribution is -2.13. The molecule has 0 aliphatic heterocycles. The Morgan fingerprint density at radius 2 is 1.80 bits per heavy atom. The summed E-state index contributed by atoms with van der Waals surface area (Å²) in [5.74, 6) is -4.75. The van der Waals surface area contributed by atoms with Gasteiger partial charge in [-0.1, -0.05) is 0 Å². The predicted octanol–water partition coefficient (Wildman–Crippen LogP) is 2.21. The number of H-pyrrole nitrogens is 1. The van der Waals surface area contributed by atoms with Crippen molar-refractivity contribution in [1.82, 2.24) is 9.97 Å². The molecule has 2 aromatic rings. The van der Waals surface area contributed by atoms with Gasteiger partial charge in [0.05, 0.1) is 6.42 Å². The number of nitrogens with zero attached hydrogens (tertiary/aromatic N) is 1. The first-order valence-corrected chi connectivity index (χ1v) is 5.65. The molecule has 0 unspecified atom stereocenters. The molecule has 7 heteroatoms. The summed E-state index contributed by atoms with van der Waals surface area (Å²) < 4.78 is 39.0. The maximum Gasteiger partial charge on any atom is 0.205 e. The molecule has 0 spiro atoms. The Morgan fingerprint density at radius 3 is 2.45 bits per heavy atom. The van der Waals surface area contributed by atoms with Crippen LogP contribution in [-0.2, 0) is 11.2 Å². The first-order chi connectivity index (χ1) is 9.47. The fourth-order valence-corrected chi connectivity index (χ4v) is 1.65. The monoisotopic (exact) mass is 282 g/mol. The maximum absolute atomic E-state index is 13.3. The van der Waals surface area contributed by atoms with Crippen molar-refractivity contribution in [2.75, 3.05) is 0 Å². The molecule has 0 saturated carbocycles. The molecule has 1 aromatic carbocycles. The van der Waals surface area contributed by atoms with Crippen LogP contribution in [0, 0.1) is 17.5 Å². The lowest BCUT2D eigenvalue weighted by Gasteiger charge is -2.03. The number of aromatic amines is 1. The highest BCUT2D eigenvalue weighted by Crippen LogP contribution is 2.15. The minimum Gasteiger partial charge on any atom is -0.342 e. The number of rotatable bonds is 5. The Morgan fingerprint density at radius 1 is 1.10 bits per heavy atom. The van der Waals surface area contributed by atoms with Gasteiger partial charge >= 0.3 is 0 Å². The van der Waals surface area contributed by atoms with E-state index in [0.717, 1.165) is 0 Å². The molecule has 1 heterocycles. The largest absolute Gasteiger partial charge is 0.342 e. The van der Waals surface area contributed by atoms with Gasteiger partial charge in [-0.15, -0.1) is 0 Å². The Labute approximate surface area is 111 Å². The summed E-state index contributed by atoms with van der Waals surface area (Å²) in [6.45, 7) is 0. The van der Waals surface area contributed by atoms with Crippen LogP contribution in [0.3, 0.4) is 0 Å². The molecular formula is C13H9F3N2O2. The normalized spacial score (nSPS) is 10.6. The van der Waals surface area contributed by atoms with E-state index in [0.29, 0.717) is 12.1 Å². The highest BCUT2D eigenvalue weighted by Gasteiger charge is 2.17. The van der Waals surface area contributed by atoms with Gasteiger partial charge < -0.3 is 4.98 Å². The van der Waals surface area contributed by atoms with E-state index in [2.05, 4.69) is 9.97 Å². The van der Waals surface area contributed by atoms with Gasteiger partial charge in [0.25, 0.3) is 0 Å². The van der Waals surface area contributed by atoms with E-state index in [4.69, 9.17) is 0 Å². The summed E-state index contributed by atoms with van der Waals surface area (Å²) in [4.78, 5) is 29.4. The first kappa shape index (κ1) is 14.0. The summed E-state index contributed by atoms with van der Waals surface area (Å²) >= 11 is 0. The van der Waals surface area contributed by atoms with Gasteiger partial charge in [0.15, 0.2) is 17.5 Å². The molecule has 4 nitrogen and oxygen atoms in total. The van der Waals surface area contributed by atoms with Gasteiger partial charge in [0.1, 0.15) is 11.6 Å². The van der Waals surface area contributed by atoms with Crippen molar-refractivity contribution in [3.8, 4) is 0 Å². The number of ketones is 2. The van der Waals surface area contributed by atoms with Crippen LogP contribution in [0.25, 0.3) is 0 Å². The molecule has 1 N–H and O–H groups in total. The molecule has 1 aromatic heterocycles. The fourth-order valence-electron chi connectivity index (χ4n) is 1.65. The second kappa shape index (κ2) is 5.68. The average molecular weight is 282 g/mol. The topological polar surface area (TPSA) is 62.8 Å².